The number of nitrogens with two attached hydrogens (primary N) is 1. The quantitative estimate of drug-likeness (QED) is 0.708. The molecule has 1 aliphatic rings. The summed E-state index contributed by atoms with van der Waals surface area (Å²) >= 11 is 0. The number of hydrogen-bond acceptors (Lipinski definition) is 3. The average Bonchev–Trinajstić information content (AvgIpc) is 2.15. The lowest BCUT2D eigenvalue weighted by Crippen LogP contribution is -2.24. The molecule has 0 amide bonds. The normalized spacial score (nSPS) is 27.5. The van der Waals surface area contributed by atoms with Crippen LogP contribution >= 0.6 is 0 Å². The Morgan fingerprint density at radius 2 is 2.21 bits per heavy atom. The van der Waals surface area contributed by atoms with E-state index in [1.54, 1.807) is 0 Å². The Hall–Kier alpha value is -0.350. The summed E-state index contributed by atoms with van der Waals surface area (Å²) in [5, 5.41) is -0.173. The molecule has 1 atom stereocenters. The van der Waals surface area contributed by atoms with Gasteiger partial charge in [-0.3, -0.25) is 0 Å². The van der Waals surface area contributed by atoms with Crippen LogP contribution in [-0.2, 0) is 9.84 Å². The largest absolute Gasteiger partial charge is 0.327 e. The standard InChI is InChI=1S/C10H19NO2S/c1-8(7-11)9-4-3-5-10(6-9)14(2,12)13/h10H,3-7,11H2,1-2H3. The molecule has 0 aromatic carbocycles. The predicted molar refractivity (Wildman–Crippen MR) is 58.9 cm³/mol. The maximum atomic E-state index is 11.4. The van der Waals surface area contributed by atoms with Crippen molar-refractivity contribution in [2.75, 3.05) is 12.8 Å². The van der Waals surface area contributed by atoms with Crippen molar-refractivity contribution in [3.8, 4) is 0 Å². The minimum Gasteiger partial charge on any atom is -0.327 e. The van der Waals surface area contributed by atoms with Gasteiger partial charge in [0.15, 0.2) is 9.84 Å². The second-order valence-electron chi connectivity index (χ2n) is 4.14. The lowest BCUT2D eigenvalue weighted by Gasteiger charge is -2.24. The second-order valence-corrected chi connectivity index (χ2v) is 6.46. The molecule has 0 heterocycles. The van der Waals surface area contributed by atoms with Gasteiger partial charge in [0.05, 0.1) is 5.25 Å². The zero-order chi connectivity index (χ0) is 10.8. The van der Waals surface area contributed by atoms with Gasteiger partial charge in [-0.2, -0.15) is 0 Å². The van der Waals surface area contributed by atoms with Gasteiger partial charge >= 0.3 is 0 Å². The molecule has 3 nitrogen and oxygen atoms in total. The van der Waals surface area contributed by atoms with Gasteiger partial charge in [0.25, 0.3) is 0 Å². The highest BCUT2D eigenvalue weighted by molar-refractivity contribution is 7.91. The van der Waals surface area contributed by atoms with E-state index in [1.165, 1.54) is 17.4 Å². The Labute approximate surface area is 86.3 Å². The fourth-order valence-electron chi connectivity index (χ4n) is 1.92. The molecule has 1 saturated carbocycles. The van der Waals surface area contributed by atoms with E-state index in [0.29, 0.717) is 13.0 Å². The van der Waals surface area contributed by atoms with Gasteiger partial charge in [0, 0.05) is 12.8 Å². The molecule has 4 heteroatoms. The van der Waals surface area contributed by atoms with Crippen molar-refractivity contribution in [3.05, 3.63) is 11.1 Å². The molecule has 14 heavy (non-hydrogen) atoms. The zero-order valence-electron chi connectivity index (χ0n) is 8.91. The summed E-state index contributed by atoms with van der Waals surface area (Å²) in [6, 6.07) is 0. The molecule has 0 saturated heterocycles. The van der Waals surface area contributed by atoms with Crippen molar-refractivity contribution < 1.29 is 8.42 Å². The Morgan fingerprint density at radius 3 is 2.71 bits per heavy atom. The lowest BCUT2D eigenvalue weighted by molar-refractivity contribution is 0.541. The molecule has 0 radical (unpaired) electrons. The topological polar surface area (TPSA) is 60.2 Å². The van der Waals surface area contributed by atoms with E-state index in [4.69, 9.17) is 5.73 Å². The monoisotopic (exact) mass is 217 g/mol. The van der Waals surface area contributed by atoms with Gasteiger partial charge in [-0.15, -0.1) is 0 Å². The van der Waals surface area contributed by atoms with Crippen molar-refractivity contribution in [2.45, 2.75) is 37.9 Å². The van der Waals surface area contributed by atoms with Crippen LogP contribution in [0.5, 0.6) is 0 Å². The fraction of sp³-hybridized carbons (Fsp3) is 0.800. The van der Waals surface area contributed by atoms with Crippen molar-refractivity contribution in [1.82, 2.24) is 0 Å². The van der Waals surface area contributed by atoms with Crippen LogP contribution in [0.1, 0.15) is 32.6 Å². The van der Waals surface area contributed by atoms with Gasteiger partial charge < -0.3 is 5.73 Å². The van der Waals surface area contributed by atoms with Crippen LogP contribution in [-0.4, -0.2) is 26.5 Å². The molecule has 0 aromatic rings. The van der Waals surface area contributed by atoms with Crippen LogP contribution in [0.3, 0.4) is 0 Å². The van der Waals surface area contributed by atoms with E-state index in [0.717, 1.165) is 19.3 Å². The van der Waals surface area contributed by atoms with Crippen LogP contribution in [0, 0.1) is 0 Å². The molecular formula is C10H19NO2S. The molecule has 82 valence electrons. The van der Waals surface area contributed by atoms with E-state index in [9.17, 15) is 8.42 Å². The van der Waals surface area contributed by atoms with Crippen LogP contribution in [0.2, 0.25) is 0 Å². The third-order valence-corrected chi connectivity index (χ3v) is 4.61. The van der Waals surface area contributed by atoms with Crippen LogP contribution in [0.25, 0.3) is 0 Å². The molecule has 0 aromatic heterocycles. The van der Waals surface area contributed by atoms with Gasteiger partial charge in [0.2, 0.25) is 0 Å². The van der Waals surface area contributed by atoms with E-state index >= 15 is 0 Å². The van der Waals surface area contributed by atoms with E-state index in [1.807, 2.05) is 6.92 Å². The summed E-state index contributed by atoms with van der Waals surface area (Å²) < 4.78 is 22.8. The molecule has 0 bridgehead atoms. The van der Waals surface area contributed by atoms with Crippen LogP contribution in [0.4, 0.5) is 0 Å². The van der Waals surface area contributed by atoms with Gasteiger partial charge in [-0.1, -0.05) is 11.1 Å². The SMILES string of the molecule is CC(CN)=C1CCCC(S(C)(=O)=O)C1. The second kappa shape index (κ2) is 4.45. The Morgan fingerprint density at radius 1 is 1.57 bits per heavy atom. The Balaban J connectivity index is 2.80. The molecule has 1 rings (SSSR count). The van der Waals surface area contributed by atoms with Crippen molar-refractivity contribution in [1.29, 1.82) is 0 Å². The van der Waals surface area contributed by atoms with Gasteiger partial charge in [0.1, 0.15) is 0 Å². The summed E-state index contributed by atoms with van der Waals surface area (Å²) in [7, 11) is -2.88. The Kier molecular flexibility index (Phi) is 3.72. The van der Waals surface area contributed by atoms with E-state index in [-0.39, 0.29) is 5.25 Å². The molecule has 0 aliphatic heterocycles. The van der Waals surface area contributed by atoms with Gasteiger partial charge in [-0.25, -0.2) is 8.42 Å². The highest BCUT2D eigenvalue weighted by Gasteiger charge is 2.25. The molecule has 0 spiro atoms. The average molecular weight is 217 g/mol. The van der Waals surface area contributed by atoms with Gasteiger partial charge in [-0.05, 0) is 32.6 Å². The summed E-state index contributed by atoms with van der Waals surface area (Å²) in [6.45, 7) is 2.55. The number of allylic oxidation sites excluding steroid dienone is 1. The molecule has 1 aliphatic carbocycles. The molecule has 1 fully saturated rings. The molecule has 1 unspecified atom stereocenters. The van der Waals surface area contributed by atoms with Crippen LogP contribution < -0.4 is 5.73 Å². The third kappa shape index (κ3) is 2.82. The highest BCUT2D eigenvalue weighted by Crippen LogP contribution is 2.29. The maximum Gasteiger partial charge on any atom is 0.150 e. The molecular weight excluding hydrogens is 198 g/mol. The predicted octanol–water partition coefficient (Wildman–Crippen LogP) is 1.25. The minimum absolute atomic E-state index is 0.173. The van der Waals surface area contributed by atoms with E-state index in [2.05, 4.69) is 0 Å². The first kappa shape index (κ1) is 11.7. The fourth-order valence-corrected chi connectivity index (χ4v) is 3.02. The summed E-state index contributed by atoms with van der Waals surface area (Å²) in [4.78, 5) is 0. The first-order valence-electron chi connectivity index (χ1n) is 5.01. The molecule has 2 N–H and O–H groups in total. The summed E-state index contributed by atoms with van der Waals surface area (Å²) in [5.41, 5.74) is 7.97. The van der Waals surface area contributed by atoms with Crippen molar-refractivity contribution >= 4 is 9.84 Å². The number of hydrogen-bond donors (Lipinski definition) is 1. The van der Waals surface area contributed by atoms with Crippen LogP contribution in [0.15, 0.2) is 11.1 Å². The van der Waals surface area contributed by atoms with E-state index < -0.39 is 9.84 Å². The maximum absolute atomic E-state index is 11.4. The van der Waals surface area contributed by atoms with Crippen molar-refractivity contribution in [2.24, 2.45) is 5.73 Å². The number of rotatable bonds is 2. The summed E-state index contributed by atoms with van der Waals surface area (Å²) in [6.07, 6.45) is 4.83. The number of sulfone groups is 1. The Bertz CT molecular complexity index is 330. The highest BCUT2D eigenvalue weighted by atomic mass is 32.2. The first-order valence-corrected chi connectivity index (χ1v) is 6.97. The zero-order valence-corrected chi connectivity index (χ0v) is 9.73. The first-order chi connectivity index (χ1) is 6.45. The smallest absolute Gasteiger partial charge is 0.150 e. The summed E-state index contributed by atoms with van der Waals surface area (Å²) in [5.74, 6) is 0. The third-order valence-electron chi connectivity index (χ3n) is 2.99. The lowest BCUT2D eigenvalue weighted by atomic mass is 9.91. The van der Waals surface area contributed by atoms with Crippen molar-refractivity contribution in [3.63, 3.8) is 0 Å². The minimum atomic E-state index is -2.88.